The summed E-state index contributed by atoms with van der Waals surface area (Å²) in [5, 5.41) is 4.44. The largest absolute Gasteiger partial charge is 0.412 e. The predicted molar refractivity (Wildman–Crippen MR) is 118 cm³/mol. The van der Waals surface area contributed by atoms with Crippen LogP contribution >= 0.6 is 0 Å². The second-order valence-electron chi connectivity index (χ2n) is 6.90. The molecule has 0 atom stereocenters. The second kappa shape index (κ2) is 7.30. The monoisotopic (exact) mass is 378 g/mol. The maximum absolute atomic E-state index is 11.6. The van der Waals surface area contributed by atoms with Crippen LogP contribution in [0.15, 0.2) is 84.9 Å². The van der Waals surface area contributed by atoms with Gasteiger partial charge in [0.1, 0.15) is 0 Å². The Morgan fingerprint density at radius 3 is 1.24 bits per heavy atom. The van der Waals surface area contributed by atoms with Crippen LogP contribution < -0.4 is 0 Å². The van der Waals surface area contributed by atoms with Crippen molar-refractivity contribution in [2.45, 2.75) is 0 Å². The highest BCUT2D eigenvalue weighted by atomic mass is 16.1. The molecule has 0 heterocycles. The van der Waals surface area contributed by atoms with E-state index >= 15 is 0 Å². The predicted octanol–water partition coefficient (Wildman–Crippen LogP) is 5.27. The van der Waals surface area contributed by atoms with Gasteiger partial charge in [0, 0.05) is 21.9 Å². The molecule has 29 heavy (non-hydrogen) atoms. The molecule has 2 N–H and O–H groups in total. The van der Waals surface area contributed by atoms with E-state index in [-0.39, 0.29) is 17.0 Å². The van der Waals surface area contributed by atoms with Crippen molar-refractivity contribution in [3.63, 3.8) is 0 Å². The summed E-state index contributed by atoms with van der Waals surface area (Å²) in [6.45, 7) is 0. The van der Waals surface area contributed by atoms with Crippen LogP contribution in [0, 0.1) is 0 Å². The molecule has 0 aromatic heterocycles. The van der Waals surface area contributed by atoms with Crippen LogP contribution in [0.2, 0.25) is 0 Å². The average molecular weight is 378 g/mol. The Balaban J connectivity index is 0.000000137. The zero-order chi connectivity index (χ0) is 19.1. The number of hydrogen-bond donors (Lipinski definition) is 0. The molecule has 4 aromatic rings. The standard InChI is InChI=1S/2C13H8O.H2O/c2*14-12-8-7-10-4-1-3-9-5-2-6-11(12)13(9)10;/h2*1-8H;1H2. The highest BCUT2D eigenvalue weighted by Crippen LogP contribution is 2.29. The van der Waals surface area contributed by atoms with Crippen molar-refractivity contribution >= 4 is 45.3 Å². The lowest BCUT2D eigenvalue weighted by Crippen LogP contribution is -2.00. The molecule has 4 aromatic carbocycles. The van der Waals surface area contributed by atoms with E-state index in [0.717, 1.165) is 43.8 Å². The third-order valence-corrected chi connectivity index (χ3v) is 5.23. The third kappa shape index (κ3) is 3.08. The fraction of sp³-hybridized carbons (Fsp3) is 0. The van der Waals surface area contributed by atoms with Crippen LogP contribution in [0.25, 0.3) is 33.7 Å². The molecule has 0 fully saturated rings. The van der Waals surface area contributed by atoms with Gasteiger partial charge in [0.25, 0.3) is 0 Å². The van der Waals surface area contributed by atoms with E-state index in [2.05, 4.69) is 0 Å². The molecule has 0 spiro atoms. The molecule has 3 nitrogen and oxygen atoms in total. The van der Waals surface area contributed by atoms with E-state index in [1.807, 2.05) is 84.9 Å². The van der Waals surface area contributed by atoms with Gasteiger partial charge in [-0.1, -0.05) is 84.9 Å². The molecule has 0 radical (unpaired) electrons. The molecule has 0 saturated carbocycles. The smallest absolute Gasteiger partial charge is 0.186 e. The molecular formula is C26H18O3. The number of hydrogen-bond acceptors (Lipinski definition) is 2. The minimum Gasteiger partial charge on any atom is -0.412 e. The molecule has 0 bridgehead atoms. The van der Waals surface area contributed by atoms with Crippen molar-refractivity contribution < 1.29 is 15.1 Å². The topological polar surface area (TPSA) is 65.6 Å². The van der Waals surface area contributed by atoms with Gasteiger partial charge < -0.3 is 5.48 Å². The van der Waals surface area contributed by atoms with Crippen LogP contribution in [-0.4, -0.2) is 17.0 Å². The first-order valence-electron chi connectivity index (χ1n) is 9.21. The van der Waals surface area contributed by atoms with E-state index in [1.165, 1.54) is 0 Å². The summed E-state index contributed by atoms with van der Waals surface area (Å²) in [4.78, 5) is 23.2. The van der Waals surface area contributed by atoms with Gasteiger partial charge in [-0.15, -0.1) is 0 Å². The second-order valence-corrected chi connectivity index (χ2v) is 6.90. The molecule has 0 aliphatic heterocycles. The van der Waals surface area contributed by atoms with Gasteiger partial charge in [0.15, 0.2) is 11.6 Å². The Morgan fingerprint density at radius 2 is 0.828 bits per heavy atom. The van der Waals surface area contributed by atoms with Gasteiger partial charge in [-0.05, 0) is 34.1 Å². The van der Waals surface area contributed by atoms with Crippen molar-refractivity contribution in [2.75, 3.05) is 0 Å². The first-order valence-corrected chi connectivity index (χ1v) is 9.21. The highest BCUT2D eigenvalue weighted by Gasteiger charge is 2.14. The molecule has 6 rings (SSSR count). The van der Waals surface area contributed by atoms with E-state index in [4.69, 9.17) is 0 Å². The van der Waals surface area contributed by atoms with Gasteiger partial charge in [-0.2, -0.15) is 0 Å². The van der Waals surface area contributed by atoms with Crippen LogP contribution in [0.3, 0.4) is 0 Å². The number of benzene rings is 4. The Kier molecular flexibility index (Phi) is 4.67. The number of rotatable bonds is 0. The van der Waals surface area contributed by atoms with Crippen molar-refractivity contribution in [1.82, 2.24) is 0 Å². The summed E-state index contributed by atoms with van der Waals surface area (Å²) in [5.74, 6) is 0.212. The quantitative estimate of drug-likeness (QED) is 0.418. The Labute approximate surface area is 167 Å². The molecule has 2 aliphatic rings. The molecular weight excluding hydrogens is 360 g/mol. The maximum atomic E-state index is 11.6. The van der Waals surface area contributed by atoms with Gasteiger partial charge in [-0.3, -0.25) is 9.59 Å². The van der Waals surface area contributed by atoms with E-state index in [9.17, 15) is 9.59 Å². The average Bonchev–Trinajstić information content (AvgIpc) is 2.74. The SMILES string of the molecule is O.O=C1C=Cc2cccc3cccc1c23.O=C1C=Cc2cccc3cccc1c23. The zero-order valence-electron chi connectivity index (χ0n) is 15.6. The van der Waals surface area contributed by atoms with E-state index in [1.54, 1.807) is 12.2 Å². The lowest BCUT2D eigenvalue weighted by molar-refractivity contribution is 0.104. The number of carbonyl (C=O) groups is 2. The zero-order valence-corrected chi connectivity index (χ0v) is 15.6. The summed E-state index contributed by atoms with van der Waals surface area (Å²) in [7, 11) is 0. The first kappa shape index (κ1) is 18.5. The van der Waals surface area contributed by atoms with Crippen LogP contribution in [0.5, 0.6) is 0 Å². The summed E-state index contributed by atoms with van der Waals surface area (Å²) >= 11 is 0. The summed E-state index contributed by atoms with van der Waals surface area (Å²) in [6.07, 6.45) is 7.05. The highest BCUT2D eigenvalue weighted by molar-refractivity contribution is 6.20. The Hall–Kier alpha value is -3.82. The van der Waals surface area contributed by atoms with Crippen molar-refractivity contribution in [1.29, 1.82) is 0 Å². The van der Waals surface area contributed by atoms with Crippen LogP contribution in [-0.2, 0) is 0 Å². The number of carbonyl (C=O) groups excluding carboxylic acids is 2. The molecule has 2 aliphatic carbocycles. The minimum atomic E-state index is 0. The van der Waals surface area contributed by atoms with Crippen LogP contribution in [0.1, 0.15) is 31.8 Å². The lowest BCUT2D eigenvalue weighted by atomic mass is 9.92. The lowest BCUT2D eigenvalue weighted by Gasteiger charge is -2.10. The Bertz CT molecular complexity index is 1230. The normalized spacial score (nSPS) is 13.1. The molecule has 3 heteroatoms. The summed E-state index contributed by atoms with van der Waals surface area (Å²) in [5.41, 5.74) is 3.91. The third-order valence-electron chi connectivity index (χ3n) is 5.23. The number of allylic oxidation sites excluding steroid dienone is 2. The Morgan fingerprint density at radius 1 is 0.448 bits per heavy atom. The van der Waals surface area contributed by atoms with Gasteiger partial charge in [-0.25, -0.2) is 0 Å². The van der Waals surface area contributed by atoms with Crippen molar-refractivity contribution in [2.24, 2.45) is 0 Å². The van der Waals surface area contributed by atoms with Gasteiger partial charge in [0.2, 0.25) is 0 Å². The minimum absolute atomic E-state index is 0. The van der Waals surface area contributed by atoms with Crippen LogP contribution in [0.4, 0.5) is 0 Å². The van der Waals surface area contributed by atoms with Gasteiger partial charge >= 0.3 is 0 Å². The maximum Gasteiger partial charge on any atom is 0.186 e. The molecule has 0 unspecified atom stereocenters. The van der Waals surface area contributed by atoms with Crippen molar-refractivity contribution in [3.05, 3.63) is 107 Å². The fourth-order valence-corrected chi connectivity index (χ4v) is 3.94. The fourth-order valence-electron chi connectivity index (χ4n) is 3.94. The van der Waals surface area contributed by atoms with E-state index < -0.39 is 0 Å². The molecule has 140 valence electrons. The van der Waals surface area contributed by atoms with Crippen molar-refractivity contribution in [3.8, 4) is 0 Å². The number of ketones is 2. The van der Waals surface area contributed by atoms with E-state index in [0.29, 0.717) is 0 Å². The molecule has 0 amide bonds. The van der Waals surface area contributed by atoms with Gasteiger partial charge in [0.05, 0.1) is 0 Å². The molecule has 0 saturated heterocycles. The first-order chi connectivity index (χ1) is 13.7. The summed E-state index contributed by atoms with van der Waals surface area (Å²) in [6, 6.07) is 23.9. The summed E-state index contributed by atoms with van der Waals surface area (Å²) < 4.78 is 0.